The van der Waals surface area contributed by atoms with Gasteiger partial charge in [0.2, 0.25) is 23.2 Å². The smallest absolute Gasteiger partial charge is 0.304 e. The normalized spacial score (nSPS) is 24.2. The SMILES string of the molecule is C[C@]1(CC(=O)O)C[C@H](c2cccc(Cl)c2)[C@@H](c2ccc(Cl)cc2)N([C@H](CN(CCC(F)F)[SH](=O)=O)C2CC2)C1=O. The Kier molecular flexibility index (Phi) is 9.75. The molecule has 2 aromatic carbocycles. The number of piperidine rings is 1. The second kappa shape index (κ2) is 12.7. The molecule has 2 aromatic rings. The molecule has 218 valence electrons. The molecule has 0 radical (unpaired) electrons. The predicted molar refractivity (Wildman–Crippen MR) is 149 cm³/mol. The van der Waals surface area contributed by atoms with Gasteiger partial charge in [-0.2, -0.15) is 0 Å². The van der Waals surface area contributed by atoms with Crippen LogP contribution in [-0.4, -0.2) is 60.2 Å². The number of carbonyl (C=O) groups excluding carboxylic acids is 1. The maximum atomic E-state index is 14.4. The average molecular weight is 618 g/mol. The first-order valence-electron chi connectivity index (χ1n) is 13.1. The minimum absolute atomic E-state index is 0.0602. The molecule has 4 rings (SSSR count). The molecule has 1 aliphatic heterocycles. The quantitative estimate of drug-likeness (QED) is 0.294. The van der Waals surface area contributed by atoms with E-state index in [1.54, 1.807) is 54.3 Å². The van der Waals surface area contributed by atoms with Crippen molar-refractivity contribution in [2.24, 2.45) is 11.3 Å². The van der Waals surface area contributed by atoms with Gasteiger partial charge in [-0.1, -0.05) is 54.4 Å². The summed E-state index contributed by atoms with van der Waals surface area (Å²) in [6.45, 7) is 1.09. The second-order valence-corrected chi connectivity index (χ2v) is 12.9. The van der Waals surface area contributed by atoms with Gasteiger partial charge in [0.15, 0.2) is 0 Å². The molecule has 0 spiro atoms. The molecule has 12 heteroatoms. The first-order valence-corrected chi connectivity index (χ1v) is 15.0. The van der Waals surface area contributed by atoms with E-state index in [-0.39, 0.29) is 25.4 Å². The van der Waals surface area contributed by atoms with Crippen LogP contribution in [-0.2, 0) is 20.5 Å². The number of benzene rings is 2. The van der Waals surface area contributed by atoms with Crippen molar-refractivity contribution < 1.29 is 31.9 Å². The van der Waals surface area contributed by atoms with Crippen LogP contribution in [0.1, 0.15) is 62.1 Å². The van der Waals surface area contributed by atoms with E-state index >= 15 is 0 Å². The van der Waals surface area contributed by atoms with E-state index in [9.17, 15) is 31.9 Å². The first kappa shape index (κ1) is 30.7. The number of carboxylic acid groups (broad SMARTS) is 1. The Morgan fingerprint density at radius 2 is 1.80 bits per heavy atom. The molecule has 1 aliphatic carbocycles. The fraction of sp³-hybridized carbons (Fsp3) is 0.500. The van der Waals surface area contributed by atoms with Gasteiger partial charge in [-0.25, -0.2) is 21.5 Å². The summed E-state index contributed by atoms with van der Waals surface area (Å²) in [6, 6.07) is 13.0. The fourth-order valence-corrected chi connectivity index (χ4v) is 6.80. The van der Waals surface area contributed by atoms with Gasteiger partial charge in [-0.05, 0) is 60.6 Å². The number of thiol groups is 1. The molecular formula is C28H32Cl2F2N2O5S. The van der Waals surface area contributed by atoms with Crippen LogP contribution in [0.15, 0.2) is 48.5 Å². The number of halogens is 4. The summed E-state index contributed by atoms with van der Waals surface area (Å²) < 4.78 is 51.3. The van der Waals surface area contributed by atoms with Crippen molar-refractivity contribution in [3.63, 3.8) is 0 Å². The Morgan fingerprint density at radius 3 is 2.35 bits per heavy atom. The maximum absolute atomic E-state index is 14.4. The van der Waals surface area contributed by atoms with Gasteiger partial charge in [0, 0.05) is 41.5 Å². The zero-order valence-corrected chi connectivity index (χ0v) is 24.3. The number of aliphatic carboxylic acids is 1. The lowest BCUT2D eigenvalue weighted by atomic mass is 9.67. The fourth-order valence-electron chi connectivity index (χ4n) is 5.89. The van der Waals surface area contributed by atoms with Crippen molar-refractivity contribution in [2.45, 2.75) is 63.5 Å². The number of carbonyl (C=O) groups is 2. The summed E-state index contributed by atoms with van der Waals surface area (Å²) in [5, 5.41) is 10.8. The van der Waals surface area contributed by atoms with E-state index in [1.807, 2.05) is 6.07 Å². The van der Waals surface area contributed by atoms with Crippen molar-refractivity contribution in [1.82, 2.24) is 9.21 Å². The monoisotopic (exact) mass is 616 g/mol. The Bertz CT molecular complexity index is 1300. The largest absolute Gasteiger partial charge is 0.481 e. The van der Waals surface area contributed by atoms with Gasteiger partial charge < -0.3 is 10.0 Å². The van der Waals surface area contributed by atoms with E-state index in [0.29, 0.717) is 10.0 Å². The van der Waals surface area contributed by atoms with Crippen LogP contribution >= 0.6 is 23.2 Å². The highest BCUT2D eigenvalue weighted by atomic mass is 35.5. The highest BCUT2D eigenvalue weighted by Crippen LogP contribution is 2.54. The number of carboxylic acids is 1. The van der Waals surface area contributed by atoms with Crippen LogP contribution in [0, 0.1) is 11.3 Å². The third-order valence-corrected chi connectivity index (χ3v) is 9.20. The van der Waals surface area contributed by atoms with Crippen molar-refractivity contribution in [2.75, 3.05) is 13.1 Å². The molecular weight excluding hydrogens is 585 g/mol. The van der Waals surface area contributed by atoms with E-state index in [2.05, 4.69) is 0 Å². The molecule has 0 unspecified atom stereocenters. The molecule has 1 heterocycles. The zero-order chi connectivity index (χ0) is 29.2. The number of nitrogens with zero attached hydrogens (tertiary/aromatic N) is 2. The number of hydrogen-bond acceptors (Lipinski definition) is 4. The van der Waals surface area contributed by atoms with Crippen LogP contribution < -0.4 is 0 Å². The summed E-state index contributed by atoms with van der Waals surface area (Å²) in [7, 11) is -3.20. The molecule has 1 N–H and O–H groups in total. The van der Waals surface area contributed by atoms with Gasteiger partial charge in [0.1, 0.15) is 0 Å². The zero-order valence-electron chi connectivity index (χ0n) is 21.9. The lowest BCUT2D eigenvalue weighted by Crippen LogP contribution is -2.59. The van der Waals surface area contributed by atoms with Crippen LogP contribution in [0.25, 0.3) is 0 Å². The van der Waals surface area contributed by atoms with Crippen LogP contribution in [0.5, 0.6) is 0 Å². The molecule has 1 saturated carbocycles. The highest BCUT2D eigenvalue weighted by molar-refractivity contribution is 7.69. The van der Waals surface area contributed by atoms with Gasteiger partial charge in [-0.3, -0.25) is 9.59 Å². The minimum Gasteiger partial charge on any atom is -0.481 e. The lowest BCUT2D eigenvalue weighted by molar-refractivity contribution is -0.161. The van der Waals surface area contributed by atoms with E-state index in [4.69, 9.17) is 23.2 Å². The Hall–Kier alpha value is -2.27. The van der Waals surface area contributed by atoms with Gasteiger partial charge in [0.25, 0.3) is 0 Å². The number of rotatable bonds is 12. The van der Waals surface area contributed by atoms with Crippen molar-refractivity contribution in [1.29, 1.82) is 0 Å². The lowest BCUT2D eigenvalue weighted by Gasteiger charge is -2.52. The van der Waals surface area contributed by atoms with Crippen LogP contribution in [0.3, 0.4) is 0 Å². The predicted octanol–water partition coefficient (Wildman–Crippen LogP) is 5.79. The van der Waals surface area contributed by atoms with Gasteiger partial charge >= 0.3 is 5.97 Å². The Balaban J connectivity index is 1.87. The summed E-state index contributed by atoms with van der Waals surface area (Å²) >= 11 is 12.5. The molecule has 1 amide bonds. The number of hydrogen-bond donors (Lipinski definition) is 2. The number of amides is 1. The van der Waals surface area contributed by atoms with Crippen molar-refractivity contribution >= 4 is 46.0 Å². The average Bonchev–Trinajstić information content (AvgIpc) is 3.71. The number of alkyl halides is 2. The Morgan fingerprint density at radius 1 is 1.12 bits per heavy atom. The van der Waals surface area contributed by atoms with Crippen LogP contribution in [0.2, 0.25) is 10.0 Å². The molecule has 7 nitrogen and oxygen atoms in total. The minimum atomic E-state index is -3.20. The van der Waals surface area contributed by atoms with Gasteiger partial charge in [0.05, 0.1) is 17.9 Å². The maximum Gasteiger partial charge on any atom is 0.304 e. The molecule has 40 heavy (non-hydrogen) atoms. The van der Waals surface area contributed by atoms with E-state index in [0.717, 1.165) is 28.3 Å². The second-order valence-electron chi connectivity index (χ2n) is 10.9. The first-order chi connectivity index (χ1) is 18.9. The summed E-state index contributed by atoms with van der Waals surface area (Å²) in [4.78, 5) is 28.0. The Labute approximate surface area is 244 Å². The summed E-state index contributed by atoms with van der Waals surface area (Å²) in [5.74, 6) is -1.98. The van der Waals surface area contributed by atoms with Crippen molar-refractivity contribution in [3.8, 4) is 0 Å². The molecule has 1 saturated heterocycles. The third-order valence-electron chi connectivity index (χ3n) is 7.89. The topological polar surface area (TPSA) is 95.0 Å². The summed E-state index contributed by atoms with van der Waals surface area (Å²) in [6.07, 6.45) is -2.05. The van der Waals surface area contributed by atoms with E-state index in [1.165, 1.54) is 0 Å². The van der Waals surface area contributed by atoms with E-state index < -0.39 is 65.5 Å². The molecule has 0 aromatic heterocycles. The molecule has 2 aliphatic rings. The number of likely N-dealkylation sites (tertiary alicyclic amines) is 1. The molecule has 4 atom stereocenters. The third kappa shape index (κ3) is 7.13. The standard InChI is InChI=1S/C28H32Cl2F2N2O5S/c1-28(15-25(35)36)14-22(19-3-2-4-21(30)13-19)26(18-7-9-20(29)10-8-18)34(27(28)37)23(17-5-6-17)16-33(40(38)39)12-11-24(31)32/h2-4,7-10,13,17,22-24,26,40H,5-6,11-12,14-16H2,1H3,(H,35,36)/t22-,23-,26-,28-/m1/s1. The summed E-state index contributed by atoms with van der Waals surface area (Å²) in [5.41, 5.74) is 0.250. The molecule has 2 fully saturated rings. The van der Waals surface area contributed by atoms with Crippen molar-refractivity contribution in [3.05, 3.63) is 69.7 Å². The molecule has 0 bridgehead atoms. The highest BCUT2D eigenvalue weighted by Gasteiger charge is 2.54. The van der Waals surface area contributed by atoms with Crippen LogP contribution in [0.4, 0.5) is 8.78 Å². The van der Waals surface area contributed by atoms with Gasteiger partial charge in [-0.15, -0.1) is 0 Å².